The molecule has 0 unspecified atom stereocenters. The summed E-state index contributed by atoms with van der Waals surface area (Å²) in [4.78, 5) is 15.5. The summed E-state index contributed by atoms with van der Waals surface area (Å²) in [7, 11) is 0. The van der Waals surface area contributed by atoms with E-state index >= 15 is 0 Å². The Morgan fingerprint density at radius 3 is 2.18 bits per heavy atom. The standard InChI is InChI=1S/C11H23N3O2.HI/c1-5-12-11(13-6-2)14-8-7-10(15)16-9(3)4;/h9H,5-8H2,1-4H3,(H2,12,13,14);1H. The first-order valence-corrected chi connectivity index (χ1v) is 5.81. The third-order valence-electron chi connectivity index (χ3n) is 1.64. The van der Waals surface area contributed by atoms with Crippen LogP contribution in [0.2, 0.25) is 0 Å². The molecule has 17 heavy (non-hydrogen) atoms. The smallest absolute Gasteiger partial charge is 0.307 e. The second-order valence-electron chi connectivity index (χ2n) is 3.58. The first-order chi connectivity index (χ1) is 7.60. The van der Waals surface area contributed by atoms with E-state index in [1.165, 1.54) is 0 Å². The van der Waals surface area contributed by atoms with Crippen molar-refractivity contribution in [2.75, 3.05) is 19.6 Å². The van der Waals surface area contributed by atoms with Gasteiger partial charge in [-0.1, -0.05) is 0 Å². The summed E-state index contributed by atoms with van der Waals surface area (Å²) >= 11 is 0. The van der Waals surface area contributed by atoms with Crippen molar-refractivity contribution >= 4 is 35.9 Å². The van der Waals surface area contributed by atoms with E-state index in [1.54, 1.807) is 0 Å². The molecule has 5 nitrogen and oxygen atoms in total. The number of carbonyl (C=O) groups is 1. The number of halogens is 1. The fourth-order valence-corrected chi connectivity index (χ4v) is 1.09. The average molecular weight is 357 g/mol. The van der Waals surface area contributed by atoms with Crippen molar-refractivity contribution < 1.29 is 9.53 Å². The van der Waals surface area contributed by atoms with E-state index in [-0.39, 0.29) is 36.0 Å². The molecule has 0 aliphatic heterocycles. The Kier molecular flexibility index (Phi) is 13.2. The largest absolute Gasteiger partial charge is 0.463 e. The lowest BCUT2D eigenvalue weighted by Gasteiger charge is -2.09. The summed E-state index contributed by atoms with van der Waals surface area (Å²) in [5, 5.41) is 6.17. The highest BCUT2D eigenvalue weighted by Gasteiger charge is 2.04. The van der Waals surface area contributed by atoms with E-state index in [4.69, 9.17) is 4.74 Å². The lowest BCUT2D eigenvalue weighted by molar-refractivity contribution is -0.147. The van der Waals surface area contributed by atoms with Gasteiger partial charge in [0.25, 0.3) is 0 Å². The molecule has 0 saturated carbocycles. The van der Waals surface area contributed by atoms with Crippen LogP contribution >= 0.6 is 24.0 Å². The van der Waals surface area contributed by atoms with Gasteiger partial charge in [-0.2, -0.15) is 0 Å². The Morgan fingerprint density at radius 2 is 1.76 bits per heavy atom. The van der Waals surface area contributed by atoms with Crippen LogP contribution in [-0.4, -0.2) is 37.7 Å². The predicted molar refractivity (Wildman–Crippen MR) is 80.9 cm³/mol. The summed E-state index contributed by atoms with van der Waals surface area (Å²) in [6, 6.07) is 0. The second kappa shape index (κ2) is 11.9. The highest BCUT2D eigenvalue weighted by Crippen LogP contribution is 1.93. The van der Waals surface area contributed by atoms with Crippen LogP contribution in [0.15, 0.2) is 4.99 Å². The van der Waals surface area contributed by atoms with Crippen molar-refractivity contribution in [3.05, 3.63) is 0 Å². The van der Waals surface area contributed by atoms with Gasteiger partial charge in [-0.3, -0.25) is 9.79 Å². The Bertz CT molecular complexity index is 225. The number of carbonyl (C=O) groups excluding carboxylic acids is 1. The van der Waals surface area contributed by atoms with Crippen molar-refractivity contribution in [2.45, 2.75) is 40.2 Å². The molecule has 6 heteroatoms. The maximum atomic E-state index is 11.2. The minimum Gasteiger partial charge on any atom is -0.463 e. The number of aliphatic imine (C=N–C) groups is 1. The van der Waals surface area contributed by atoms with Crippen LogP contribution in [0.4, 0.5) is 0 Å². The zero-order valence-electron chi connectivity index (χ0n) is 11.1. The normalized spacial score (nSPS) is 9.24. The maximum Gasteiger partial charge on any atom is 0.307 e. The monoisotopic (exact) mass is 357 g/mol. The van der Waals surface area contributed by atoms with E-state index in [2.05, 4.69) is 15.6 Å². The van der Waals surface area contributed by atoms with Crippen LogP contribution < -0.4 is 10.6 Å². The van der Waals surface area contributed by atoms with Gasteiger partial charge in [0.15, 0.2) is 5.96 Å². The topological polar surface area (TPSA) is 62.7 Å². The highest BCUT2D eigenvalue weighted by molar-refractivity contribution is 14.0. The van der Waals surface area contributed by atoms with Gasteiger partial charge < -0.3 is 15.4 Å². The molecule has 0 amide bonds. The first-order valence-electron chi connectivity index (χ1n) is 5.81. The molecule has 0 radical (unpaired) electrons. The van der Waals surface area contributed by atoms with Crippen molar-refractivity contribution in [3.8, 4) is 0 Å². The maximum absolute atomic E-state index is 11.2. The van der Waals surface area contributed by atoms with Crippen LogP contribution in [0.5, 0.6) is 0 Å². The molecule has 0 spiro atoms. The SMILES string of the molecule is CCNC(=NCCC(=O)OC(C)C)NCC.I. The molecule has 0 saturated heterocycles. The lowest BCUT2D eigenvalue weighted by Crippen LogP contribution is -2.37. The van der Waals surface area contributed by atoms with Crippen LogP contribution in [0.1, 0.15) is 34.1 Å². The molecule has 0 aliphatic rings. The molecule has 0 aromatic heterocycles. The minimum atomic E-state index is -0.203. The summed E-state index contributed by atoms with van der Waals surface area (Å²) < 4.78 is 5.00. The number of nitrogens with one attached hydrogen (secondary N) is 2. The summed E-state index contributed by atoms with van der Waals surface area (Å²) in [6.45, 7) is 9.74. The number of hydrogen-bond acceptors (Lipinski definition) is 3. The Morgan fingerprint density at radius 1 is 1.24 bits per heavy atom. The molecule has 0 aromatic carbocycles. The molecule has 0 aliphatic carbocycles. The van der Waals surface area contributed by atoms with Gasteiger partial charge in [0.05, 0.1) is 19.1 Å². The van der Waals surface area contributed by atoms with Gasteiger partial charge >= 0.3 is 5.97 Å². The number of ether oxygens (including phenoxy) is 1. The molecule has 0 rings (SSSR count). The zero-order valence-corrected chi connectivity index (χ0v) is 13.4. The third kappa shape index (κ3) is 11.7. The number of rotatable bonds is 6. The number of hydrogen-bond donors (Lipinski definition) is 2. The molecule has 0 fully saturated rings. The van der Waals surface area contributed by atoms with Gasteiger partial charge in [0, 0.05) is 13.1 Å². The van der Waals surface area contributed by atoms with Crippen molar-refractivity contribution in [1.29, 1.82) is 0 Å². The predicted octanol–water partition coefficient (Wildman–Crippen LogP) is 1.52. The molecular weight excluding hydrogens is 333 g/mol. The van der Waals surface area contributed by atoms with Gasteiger partial charge in [0.1, 0.15) is 0 Å². The molecule has 0 heterocycles. The quantitative estimate of drug-likeness (QED) is 0.328. The van der Waals surface area contributed by atoms with Gasteiger partial charge in [-0.05, 0) is 27.7 Å². The first kappa shape index (κ1) is 18.8. The number of esters is 1. The molecule has 0 aromatic rings. The van der Waals surface area contributed by atoms with E-state index in [1.807, 2.05) is 27.7 Å². The zero-order chi connectivity index (χ0) is 12.4. The molecule has 0 atom stereocenters. The van der Waals surface area contributed by atoms with Gasteiger partial charge in [-0.15, -0.1) is 24.0 Å². The summed E-state index contributed by atoms with van der Waals surface area (Å²) in [5.74, 6) is 0.536. The Hall–Kier alpha value is -0.530. The molecule has 102 valence electrons. The number of nitrogens with zero attached hydrogens (tertiary/aromatic N) is 1. The average Bonchev–Trinajstić information content (AvgIpc) is 2.17. The van der Waals surface area contributed by atoms with Crippen LogP contribution in [0, 0.1) is 0 Å². The Labute approximate surface area is 121 Å². The van der Waals surface area contributed by atoms with Crippen molar-refractivity contribution in [2.24, 2.45) is 4.99 Å². The fraction of sp³-hybridized carbons (Fsp3) is 0.818. The van der Waals surface area contributed by atoms with Crippen LogP contribution in [0.3, 0.4) is 0 Å². The van der Waals surface area contributed by atoms with Gasteiger partial charge in [-0.25, -0.2) is 0 Å². The van der Waals surface area contributed by atoms with E-state index in [0.717, 1.165) is 19.0 Å². The highest BCUT2D eigenvalue weighted by atomic mass is 127. The molecule has 0 bridgehead atoms. The van der Waals surface area contributed by atoms with E-state index in [9.17, 15) is 4.79 Å². The van der Waals surface area contributed by atoms with E-state index in [0.29, 0.717) is 13.0 Å². The molecule has 2 N–H and O–H groups in total. The van der Waals surface area contributed by atoms with Crippen LogP contribution in [-0.2, 0) is 9.53 Å². The Balaban J connectivity index is 0. The summed E-state index contributed by atoms with van der Waals surface area (Å²) in [5.41, 5.74) is 0. The number of guanidine groups is 1. The lowest BCUT2D eigenvalue weighted by atomic mass is 10.4. The summed E-state index contributed by atoms with van der Waals surface area (Å²) in [6.07, 6.45) is 0.261. The molecular formula is C11H24IN3O2. The van der Waals surface area contributed by atoms with Crippen molar-refractivity contribution in [1.82, 2.24) is 10.6 Å². The fourth-order valence-electron chi connectivity index (χ4n) is 1.09. The van der Waals surface area contributed by atoms with Gasteiger partial charge in [0.2, 0.25) is 0 Å². The third-order valence-corrected chi connectivity index (χ3v) is 1.64. The second-order valence-corrected chi connectivity index (χ2v) is 3.58. The van der Waals surface area contributed by atoms with E-state index < -0.39 is 0 Å². The van der Waals surface area contributed by atoms with Crippen molar-refractivity contribution in [3.63, 3.8) is 0 Å². The minimum absolute atomic E-state index is 0. The van der Waals surface area contributed by atoms with Crippen LogP contribution in [0.25, 0.3) is 0 Å².